The van der Waals surface area contributed by atoms with Crippen molar-refractivity contribution in [1.82, 2.24) is 5.32 Å². The third kappa shape index (κ3) is 6.79. The van der Waals surface area contributed by atoms with E-state index in [1.807, 2.05) is 39.8 Å². The Kier molecular flexibility index (Phi) is 6.72. The molecule has 0 bridgehead atoms. The maximum Gasteiger partial charge on any atom is 0.222 e. The molecule has 1 rings (SSSR count). The fourth-order valence-corrected chi connectivity index (χ4v) is 1.96. The van der Waals surface area contributed by atoms with Gasteiger partial charge in [0.15, 0.2) is 5.96 Å². The summed E-state index contributed by atoms with van der Waals surface area (Å²) in [4.78, 5) is 15.8. The van der Waals surface area contributed by atoms with E-state index in [4.69, 9.17) is 5.73 Å². The highest BCUT2D eigenvalue weighted by Crippen LogP contribution is 2.13. The molecule has 0 radical (unpaired) electrons. The van der Waals surface area contributed by atoms with E-state index in [-0.39, 0.29) is 11.9 Å². The number of nitrogens with one attached hydrogen (secondary N) is 2. The van der Waals surface area contributed by atoms with Gasteiger partial charge in [0.1, 0.15) is 0 Å². The van der Waals surface area contributed by atoms with Crippen molar-refractivity contribution in [3.63, 3.8) is 0 Å². The summed E-state index contributed by atoms with van der Waals surface area (Å²) in [5.41, 5.74) is 9.07. The van der Waals surface area contributed by atoms with Gasteiger partial charge >= 0.3 is 0 Å². The molecule has 0 aliphatic carbocycles. The van der Waals surface area contributed by atoms with E-state index in [1.54, 1.807) is 0 Å². The number of hydrogen-bond acceptors (Lipinski definition) is 2. The number of nitrogens with two attached hydrogens (primary N) is 1. The number of aryl methyl sites for hydroxylation is 2. The molecule has 1 amide bonds. The maximum atomic E-state index is 11.6. The SMILES string of the molecule is CCC(C)NC(=O)CCN=C(N)Nc1cc(C)cc(C)c1. The van der Waals surface area contributed by atoms with Gasteiger partial charge in [-0.05, 0) is 50.5 Å². The van der Waals surface area contributed by atoms with E-state index < -0.39 is 0 Å². The Labute approximate surface area is 127 Å². The van der Waals surface area contributed by atoms with Crippen LogP contribution in [0.2, 0.25) is 0 Å². The minimum atomic E-state index is 0.00676. The van der Waals surface area contributed by atoms with E-state index >= 15 is 0 Å². The second-order valence-corrected chi connectivity index (χ2v) is 5.40. The number of guanidine groups is 1. The molecule has 1 aromatic carbocycles. The number of aliphatic imine (C=N–C) groups is 1. The normalized spacial score (nSPS) is 12.9. The number of carbonyl (C=O) groups is 1. The first-order valence-corrected chi connectivity index (χ1v) is 7.35. The van der Waals surface area contributed by atoms with Gasteiger partial charge in [0, 0.05) is 18.2 Å². The fraction of sp³-hybridized carbons (Fsp3) is 0.500. The van der Waals surface area contributed by atoms with Crippen LogP contribution in [-0.4, -0.2) is 24.5 Å². The molecule has 0 saturated carbocycles. The number of nitrogens with zero attached hydrogens (tertiary/aromatic N) is 1. The van der Waals surface area contributed by atoms with Gasteiger partial charge < -0.3 is 16.4 Å². The Hall–Kier alpha value is -2.04. The predicted molar refractivity (Wildman–Crippen MR) is 88.5 cm³/mol. The van der Waals surface area contributed by atoms with Crippen LogP contribution in [0.15, 0.2) is 23.2 Å². The minimum absolute atomic E-state index is 0.00676. The summed E-state index contributed by atoms with van der Waals surface area (Å²) in [6, 6.07) is 6.31. The van der Waals surface area contributed by atoms with Gasteiger partial charge in [0.2, 0.25) is 5.91 Å². The first kappa shape index (κ1) is 17.0. The second kappa shape index (κ2) is 8.29. The summed E-state index contributed by atoms with van der Waals surface area (Å²) >= 11 is 0. The van der Waals surface area contributed by atoms with Crippen molar-refractivity contribution in [2.45, 2.75) is 46.6 Å². The minimum Gasteiger partial charge on any atom is -0.370 e. The first-order valence-electron chi connectivity index (χ1n) is 7.35. The Bertz CT molecular complexity index is 491. The summed E-state index contributed by atoms with van der Waals surface area (Å²) in [6.07, 6.45) is 1.27. The maximum absolute atomic E-state index is 11.6. The quantitative estimate of drug-likeness (QED) is 0.556. The van der Waals surface area contributed by atoms with Crippen LogP contribution in [0.5, 0.6) is 0 Å². The van der Waals surface area contributed by atoms with Crippen LogP contribution in [0, 0.1) is 13.8 Å². The molecule has 21 heavy (non-hydrogen) atoms. The molecule has 5 nitrogen and oxygen atoms in total. The van der Waals surface area contributed by atoms with E-state index in [0.29, 0.717) is 18.9 Å². The van der Waals surface area contributed by atoms with Crippen molar-refractivity contribution in [2.75, 3.05) is 11.9 Å². The molecule has 0 aromatic heterocycles. The van der Waals surface area contributed by atoms with Crippen LogP contribution in [0.4, 0.5) is 5.69 Å². The van der Waals surface area contributed by atoms with Gasteiger partial charge in [0.25, 0.3) is 0 Å². The third-order valence-electron chi connectivity index (χ3n) is 3.13. The summed E-state index contributed by atoms with van der Waals surface area (Å²) in [6.45, 7) is 8.47. The van der Waals surface area contributed by atoms with Crippen LogP contribution in [-0.2, 0) is 4.79 Å². The summed E-state index contributed by atoms with van der Waals surface area (Å²) < 4.78 is 0. The van der Waals surface area contributed by atoms with Crippen molar-refractivity contribution < 1.29 is 4.79 Å². The van der Waals surface area contributed by atoms with Crippen LogP contribution in [0.3, 0.4) is 0 Å². The number of carbonyl (C=O) groups excluding carboxylic acids is 1. The molecule has 1 atom stereocenters. The van der Waals surface area contributed by atoms with Crippen LogP contribution >= 0.6 is 0 Å². The number of hydrogen-bond donors (Lipinski definition) is 3. The largest absolute Gasteiger partial charge is 0.370 e. The fourth-order valence-electron chi connectivity index (χ4n) is 1.96. The summed E-state index contributed by atoms with van der Waals surface area (Å²) in [5.74, 6) is 0.337. The van der Waals surface area contributed by atoms with Crippen LogP contribution in [0.1, 0.15) is 37.8 Å². The van der Waals surface area contributed by atoms with Gasteiger partial charge in [-0.15, -0.1) is 0 Å². The van der Waals surface area contributed by atoms with E-state index in [9.17, 15) is 4.79 Å². The highest BCUT2D eigenvalue weighted by Gasteiger charge is 2.04. The summed E-state index contributed by atoms with van der Waals surface area (Å²) in [7, 11) is 0. The van der Waals surface area contributed by atoms with E-state index in [1.165, 1.54) is 11.1 Å². The van der Waals surface area contributed by atoms with Gasteiger partial charge in [-0.25, -0.2) is 0 Å². The standard InChI is InChI=1S/C16H26N4O/c1-5-13(4)19-15(21)6-7-18-16(17)20-14-9-11(2)8-12(3)10-14/h8-10,13H,5-7H2,1-4H3,(H,19,21)(H3,17,18,20). The van der Waals surface area contributed by atoms with Gasteiger partial charge in [-0.1, -0.05) is 13.0 Å². The molecule has 0 aliphatic heterocycles. The van der Waals surface area contributed by atoms with Crippen molar-refractivity contribution in [3.8, 4) is 0 Å². The number of amides is 1. The van der Waals surface area contributed by atoms with Crippen molar-refractivity contribution in [1.29, 1.82) is 0 Å². The average molecular weight is 290 g/mol. The Balaban J connectivity index is 2.44. The zero-order chi connectivity index (χ0) is 15.8. The highest BCUT2D eigenvalue weighted by molar-refractivity contribution is 5.92. The lowest BCUT2D eigenvalue weighted by Crippen LogP contribution is -2.32. The lowest BCUT2D eigenvalue weighted by molar-refractivity contribution is -0.121. The Morgan fingerprint density at radius 2 is 1.90 bits per heavy atom. The molecule has 0 spiro atoms. The Morgan fingerprint density at radius 1 is 1.29 bits per heavy atom. The smallest absolute Gasteiger partial charge is 0.222 e. The van der Waals surface area contributed by atoms with Crippen LogP contribution < -0.4 is 16.4 Å². The molecule has 0 saturated heterocycles. The van der Waals surface area contributed by atoms with E-state index in [2.05, 4.69) is 21.7 Å². The van der Waals surface area contributed by atoms with Gasteiger partial charge in [-0.2, -0.15) is 0 Å². The van der Waals surface area contributed by atoms with Crippen molar-refractivity contribution >= 4 is 17.6 Å². The molecule has 116 valence electrons. The first-order chi connectivity index (χ1) is 9.90. The zero-order valence-corrected chi connectivity index (χ0v) is 13.4. The molecule has 5 heteroatoms. The monoisotopic (exact) mass is 290 g/mol. The second-order valence-electron chi connectivity index (χ2n) is 5.40. The molecular weight excluding hydrogens is 264 g/mol. The topological polar surface area (TPSA) is 79.5 Å². The average Bonchev–Trinajstić information content (AvgIpc) is 2.37. The summed E-state index contributed by atoms with van der Waals surface area (Å²) in [5, 5.41) is 5.94. The molecule has 4 N–H and O–H groups in total. The zero-order valence-electron chi connectivity index (χ0n) is 13.4. The number of rotatable bonds is 6. The number of benzene rings is 1. The highest BCUT2D eigenvalue weighted by atomic mass is 16.1. The lowest BCUT2D eigenvalue weighted by atomic mass is 10.1. The van der Waals surface area contributed by atoms with Crippen molar-refractivity contribution in [2.24, 2.45) is 10.7 Å². The lowest BCUT2D eigenvalue weighted by Gasteiger charge is -2.10. The van der Waals surface area contributed by atoms with E-state index in [0.717, 1.165) is 12.1 Å². The van der Waals surface area contributed by atoms with Crippen molar-refractivity contribution in [3.05, 3.63) is 29.3 Å². The third-order valence-corrected chi connectivity index (χ3v) is 3.13. The van der Waals surface area contributed by atoms with Gasteiger partial charge in [0.05, 0.1) is 6.54 Å². The molecule has 1 aromatic rings. The molecule has 0 heterocycles. The molecule has 0 aliphatic rings. The molecule has 1 unspecified atom stereocenters. The van der Waals surface area contributed by atoms with Crippen LogP contribution in [0.25, 0.3) is 0 Å². The predicted octanol–water partition coefficient (Wildman–Crippen LogP) is 2.33. The Morgan fingerprint density at radius 3 is 2.48 bits per heavy atom. The molecular formula is C16H26N4O. The van der Waals surface area contributed by atoms with Gasteiger partial charge in [-0.3, -0.25) is 9.79 Å². The number of anilines is 1. The molecule has 0 fully saturated rings.